The largest absolute Gasteiger partial charge is 0.474 e. The SMILES string of the molecule is O=C(Nc1cncc(OC[C@H](O)CO)n1)N1c2nc(-c3cccc(C(F)(F)F)c3)ncc2N2CC[C@H]1C2. The van der Waals surface area contributed by atoms with Crippen LogP contribution < -0.4 is 19.9 Å². The zero-order valence-electron chi connectivity index (χ0n) is 19.3. The van der Waals surface area contributed by atoms with Crippen LogP contribution in [-0.4, -0.2) is 74.6 Å². The van der Waals surface area contributed by atoms with Crippen molar-refractivity contribution in [1.29, 1.82) is 0 Å². The summed E-state index contributed by atoms with van der Waals surface area (Å²) in [5, 5.41) is 21.0. The molecule has 4 heterocycles. The van der Waals surface area contributed by atoms with Crippen molar-refractivity contribution >= 4 is 23.4 Å². The highest BCUT2D eigenvalue weighted by molar-refractivity contribution is 6.04. The summed E-state index contributed by atoms with van der Waals surface area (Å²) in [7, 11) is 0. The summed E-state index contributed by atoms with van der Waals surface area (Å²) < 4.78 is 44.9. The Balaban J connectivity index is 1.42. The number of halogens is 3. The third kappa shape index (κ3) is 5.11. The van der Waals surface area contributed by atoms with E-state index in [0.29, 0.717) is 25.2 Å². The zero-order valence-corrected chi connectivity index (χ0v) is 19.3. The van der Waals surface area contributed by atoms with Crippen LogP contribution in [0.15, 0.2) is 42.9 Å². The van der Waals surface area contributed by atoms with Gasteiger partial charge in [0.15, 0.2) is 17.5 Å². The van der Waals surface area contributed by atoms with Crippen LogP contribution in [0.1, 0.15) is 12.0 Å². The Morgan fingerprint density at radius 1 is 1.24 bits per heavy atom. The van der Waals surface area contributed by atoms with Gasteiger partial charge in [0.1, 0.15) is 12.7 Å². The lowest BCUT2D eigenvalue weighted by Crippen LogP contribution is -2.48. The molecule has 5 rings (SSSR count). The number of carbonyl (C=O) groups excluding carboxylic acids is 1. The fourth-order valence-corrected chi connectivity index (χ4v) is 4.23. The Kier molecular flexibility index (Phi) is 6.52. The Labute approximate surface area is 208 Å². The van der Waals surface area contributed by atoms with Crippen molar-refractivity contribution in [2.45, 2.75) is 24.7 Å². The van der Waals surface area contributed by atoms with Gasteiger partial charge in [-0.1, -0.05) is 12.1 Å². The molecule has 1 aromatic carbocycles. The molecule has 0 saturated carbocycles. The molecule has 2 atom stereocenters. The quantitative estimate of drug-likeness (QED) is 0.450. The van der Waals surface area contributed by atoms with Crippen molar-refractivity contribution in [3.63, 3.8) is 0 Å². The number of hydrogen-bond donors (Lipinski definition) is 3. The number of anilines is 3. The summed E-state index contributed by atoms with van der Waals surface area (Å²) in [4.78, 5) is 33.8. The average molecular weight is 517 g/mol. The van der Waals surface area contributed by atoms with Gasteiger partial charge >= 0.3 is 12.2 Å². The lowest BCUT2D eigenvalue weighted by Gasteiger charge is -2.35. The molecule has 2 aliphatic heterocycles. The number of aliphatic hydroxyl groups is 2. The highest BCUT2D eigenvalue weighted by Gasteiger charge is 2.41. The molecule has 2 amide bonds. The number of urea groups is 1. The van der Waals surface area contributed by atoms with Crippen molar-refractivity contribution < 1.29 is 32.9 Å². The summed E-state index contributed by atoms with van der Waals surface area (Å²) >= 11 is 0. The Hall–Kier alpha value is -4.04. The topological polar surface area (TPSA) is 137 Å². The Morgan fingerprint density at radius 2 is 2.08 bits per heavy atom. The van der Waals surface area contributed by atoms with Crippen LogP contribution in [0.4, 0.5) is 35.3 Å². The first-order chi connectivity index (χ1) is 17.7. The number of aromatic nitrogens is 4. The molecule has 1 fully saturated rings. The number of carbonyl (C=O) groups is 1. The van der Waals surface area contributed by atoms with Gasteiger partial charge in [-0.15, -0.1) is 0 Å². The number of hydrogen-bond acceptors (Lipinski definition) is 9. The number of fused-ring (bicyclic) bond motifs is 4. The van der Waals surface area contributed by atoms with Gasteiger partial charge in [-0.2, -0.15) is 18.2 Å². The predicted molar refractivity (Wildman–Crippen MR) is 125 cm³/mol. The summed E-state index contributed by atoms with van der Waals surface area (Å²) in [6.07, 6.45) is -0.833. The van der Waals surface area contributed by atoms with E-state index in [-0.39, 0.29) is 41.6 Å². The molecule has 3 N–H and O–H groups in total. The minimum Gasteiger partial charge on any atom is -0.474 e. The van der Waals surface area contributed by atoms with Gasteiger partial charge in [0.05, 0.1) is 42.5 Å². The van der Waals surface area contributed by atoms with Crippen LogP contribution in [0.25, 0.3) is 11.4 Å². The fraction of sp³-hybridized carbons (Fsp3) is 0.348. The molecule has 3 aromatic rings. The summed E-state index contributed by atoms with van der Waals surface area (Å²) in [6.45, 7) is 0.529. The number of aliphatic hydroxyl groups excluding tert-OH is 2. The standard InChI is InChI=1S/C23H22F3N7O4/c24-23(25,26)14-3-1-2-13(6-14)20-28-7-17-21(31-20)33(15-4-5-32(17)10-15)22(36)30-18-8-27-9-19(29-18)37-12-16(35)11-34/h1-3,6-9,15-16,34-35H,4-5,10-12H2,(H,29,30,36)/t15-,16+/m0/s1. The first kappa shape index (κ1) is 24.6. The van der Waals surface area contributed by atoms with E-state index >= 15 is 0 Å². The normalized spacial score (nSPS) is 17.4. The summed E-state index contributed by atoms with van der Waals surface area (Å²) in [5.41, 5.74) is -0.0515. The van der Waals surface area contributed by atoms with Gasteiger partial charge in [0.25, 0.3) is 0 Å². The Morgan fingerprint density at radius 3 is 2.86 bits per heavy atom. The molecule has 0 spiro atoms. The molecule has 0 aliphatic carbocycles. The third-order valence-electron chi connectivity index (χ3n) is 6.00. The van der Waals surface area contributed by atoms with Crippen molar-refractivity contribution in [2.24, 2.45) is 0 Å². The van der Waals surface area contributed by atoms with Gasteiger partial charge < -0.3 is 19.8 Å². The zero-order chi connectivity index (χ0) is 26.2. The van der Waals surface area contributed by atoms with E-state index in [2.05, 4.69) is 25.3 Å². The van der Waals surface area contributed by atoms with Crippen LogP contribution in [-0.2, 0) is 6.18 Å². The molecular formula is C23H22F3N7O4. The number of benzene rings is 1. The maximum Gasteiger partial charge on any atom is 0.416 e. The van der Waals surface area contributed by atoms with E-state index in [1.807, 2.05) is 4.90 Å². The second kappa shape index (κ2) is 9.78. The molecule has 2 aromatic heterocycles. The number of nitrogens with one attached hydrogen (secondary N) is 1. The van der Waals surface area contributed by atoms with E-state index < -0.39 is 30.5 Å². The maximum absolute atomic E-state index is 13.4. The van der Waals surface area contributed by atoms with Crippen molar-refractivity contribution in [3.05, 3.63) is 48.4 Å². The average Bonchev–Trinajstić information content (AvgIpc) is 3.31. The van der Waals surface area contributed by atoms with Gasteiger partial charge in [0, 0.05) is 18.7 Å². The molecule has 2 bridgehead atoms. The van der Waals surface area contributed by atoms with Crippen molar-refractivity contribution in [1.82, 2.24) is 19.9 Å². The first-order valence-corrected chi connectivity index (χ1v) is 11.4. The third-order valence-corrected chi connectivity index (χ3v) is 6.00. The number of alkyl halides is 3. The van der Waals surface area contributed by atoms with Gasteiger partial charge in [-0.05, 0) is 18.6 Å². The van der Waals surface area contributed by atoms with Crippen molar-refractivity contribution in [2.75, 3.05) is 41.4 Å². The fourth-order valence-electron chi connectivity index (χ4n) is 4.23. The molecule has 14 heteroatoms. The van der Waals surface area contributed by atoms with E-state index in [9.17, 15) is 23.1 Å². The Bertz CT molecular complexity index is 1310. The first-order valence-electron chi connectivity index (χ1n) is 11.4. The molecule has 11 nitrogen and oxygen atoms in total. The van der Waals surface area contributed by atoms with Gasteiger partial charge in [0.2, 0.25) is 5.88 Å². The molecule has 0 radical (unpaired) electrons. The molecular weight excluding hydrogens is 495 g/mol. The highest BCUT2D eigenvalue weighted by atomic mass is 19.4. The number of nitrogens with zero attached hydrogens (tertiary/aromatic N) is 6. The minimum atomic E-state index is -4.52. The van der Waals surface area contributed by atoms with E-state index in [4.69, 9.17) is 9.84 Å². The monoisotopic (exact) mass is 517 g/mol. The predicted octanol–water partition coefficient (Wildman–Crippen LogP) is 2.32. The number of amides is 2. The van der Waals surface area contributed by atoms with E-state index in [1.165, 1.54) is 35.6 Å². The molecule has 2 aliphatic rings. The highest BCUT2D eigenvalue weighted by Crippen LogP contribution is 2.40. The van der Waals surface area contributed by atoms with Gasteiger partial charge in [-0.3, -0.25) is 15.2 Å². The number of rotatable bonds is 6. The molecule has 194 valence electrons. The van der Waals surface area contributed by atoms with Crippen LogP contribution in [0, 0.1) is 0 Å². The lowest BCUT2D eigenvalue weighted by atomic mass is 10.1. The van der Waals surface area contributed by atoms with Crippen molar-refractivity contribution in [3.8, 4) is 17.3 Å². The molecule has 37 heavy (non-hydrogen) atoms. The van der Waals surface area contributed by atoms with Crippen LogP contribution in [0.5, 0.6) is 5.88 Å². The molecule has 1 saturated heterocycles. The van der Waals surface area contributed by atoms with E-state index in [1.54, 1.807) is 0 Å². The molecule has 0 unspecified atom stereocenters. The minimum absolute atomic E-state index is 0.0329. The summed E-state index contributed by atoms with van der Waals surface area (Å²) in [5.74, 6) is 0.448. The van der Waals surface area contributed by atoms with Crippen LogP contribution in [0.3, 0.4) is 0 Å². The second-order valence-corrected chi connectivity index (χ2v) is 8.56. The number of ether oxygens (including phenoxy) is 1. The van der Waals surface area contributed by atoms with Crippen LogP contribution >= 0.6 is 0 Å². The van der Waals surface area contributed by atoms with Gasteiger partial charge in [-0.25, -0.2) is 14.8 Å². The second-order valence-electron chi connectivity index (χ2n) is 8.56. The smallest absolute Gasteiger partial charge is 0.416 e. The lowest BCUT2D eigenvalue weighted by molar-refractivity contribution is -0.137. The maximum atomic E-state index is 13.4. The summed E-state index contributed by atoms with van der Waals surface area (Å²) in [6, 6.07) is 3.93. The van der Waals surface area contributed by atoms with E-state index in [0.717, 1.165) is 12.1 Å². The van der Waals surface area contributed by atoms with Crippen LogP contribution in [0.2, 0.25) is 0 Å².